The second-order valence-electron chi connectivity index (χ2n) is 6.67. The van der Waals surface area contributed by atoms with Crippen LogP contribution in [0.1, 0.15) is 22.6 Å². The van der Waals surface area contributed by atoms with Gasteiger partial charge in [0.05, 0.1) is 25.1 Å². The Balaban J connectivity index is 1.75. The Kier molecular flexibility index (Phi) is 6.45. The number of hydrogen-bond acceptors (Lipinski definition) is 4. The van der Waals surface area contributed by atoms with E-state index < -0.39 is 12.1 Å². The van der Waals surface area contributed by atoms with E-state index in [4.69, 9.17) is 4.74 Å². The monoisotopic (exact) mass is 374 g/mol. The number of aliphatic hydroxyl groups is 1. The van der Waals surface area contributed by atoms with Gasteiger partial charge < -0.3 is 14.7 Å². The SMILES string of the molecule is COCC#Cc1ccc([C@@H]2[C@H](C#N)N(C(=O)Cc3ccccc3)[C@H]2CO)cc1. The number of nitrogens with zero attached hydrogens (tertiary/aromatic N) is 2. The molecule has 0 aliphatic carbocycles. The van der Waals surface area contributed by atoms with Crippen LogP contribution in [0.2, 0.25) is 0 Å². The van der Waals surface area contributed by atoms with Gasteiger partial charge in [0.25, 0.3) is 0 Å². The smallest absolute Gasteiger partial charge is 0.228 e. The van der Waals surface area contributed by atoms with Crippen molar-refractivity contribution in [3.05, 3.63) is 71.3 Å². The molecule has 0 aromatic heterocycles. The molecule has 0 unspecified atom stereocenters. The zero-order valence-electron chi connectivity index (χ0n) is 15.7. The summed E-state index contributed by atoms with van der Waals surface area (Å²) >= 11 is 0. The van der Waals surface area contributed by atoms with Crippen LogP contribution in [-0.4, -0.2) is 48.3 Å². The molecular formula is C23H22N2O3. The highest BCUT2D eigenvalue weighted by atomic mass is 16.5. The Morgan fingerprint density at radius 1 is 1.18 bits per heavy atom. The number of hydrogen-bond donors (Lipinski definition) is 1. The van der Waals surface area contributed by atoms with Crippen LogP contribution in [0, 0.1) is 23.2 Å². The number of aliphatic hydroxyl groups excluding tert-OH is 1. The maximum atomic E-state index is 12.7. The van der Waals surface area contributed by atoms with Crippen LogP contribution < -0.4 is 0 Å². The minimum atomic E-state index is -0.584. The van der Waals surface area contributed by atoms with Crippen LogP contribution in [0.5, 0.6) is 0 Å². The van der Waals surface area contributed by atoms with Gasteiger partial charge in [-0.05, 0) is 23.3 Å². The quantitative estimate of drug-likeness (QED) is 0.814. The first-order valence-corrected chi connectivity index (χ1v) is 9.13. The molecule has 1 aliphatic heterocycles. The molecule has 5 nitrogen and oxygen atoms in total. The molecule has 1 aliphatic rings. The maximum absolute atomic E-state index is 12.7. The van der Waals surface area contributed by atoms with Crippen molar-refractivity contribution in [2.45, 2.75) is 24.4 Å². The summed E-state index contributed by atoms with van der Waals surface area (Å²) in [5.74, 6) is 5.54. The lowest BCUT2D eigenvalue weighted by molar-refractivity contribution is -0.146. The van der Waals surface area contributed by atoms with E-state index in [1.807, 2.05) is 54.6 Å². The standard InChI is InChI=1S/C23H22N2O3/c1-28-13-5-8-17-9-11-19(12-10-17)23-20(15-24)25(21(23)16-26)22(27)14-18-6-3-2-4-7-18/h2-4,6-7,9-12,20-21,23,26H,13-14,16H2,1H3/t20-,21-,23+/m0/s1. The first kappa shape index (κ1) is 19.6. The van der Waals surface area contributed by atoms with E-state index in [-0.39, 0.29) is 24.9 Å². The fourth-order valence-electron chi connectivity index (χ4n) is 3.61. The van der Waals surface area contributed by atoms with Crippen molar-refractivity contribution in [1.29, 1.82) is 5.26 Å². The van der Waals surface area contributed by atoms with E-state index in [0.29, 0.717) is 6.61 Å². The van der Waals surface area contributed by atoms with Crippen LogP contribution in [0.3, 0.4) is 0 Å². The van der Waals surface area contributed by atoms with E-state index in [1.165, 1.54) is 4.90 Å². The molecule has 1 fully saturated rings. The molecule has 28 heavy (non-hydrogen) atoms. The van der Waals surface area contributed by atoms with Crippen molar-refractivity contribution in [3.63, 3.8) is 0 Å². The van der Waals surface area contributed by atoms with Gasteiger partial charge in [-0.1, -0.05) is 54.3 Å². The van der Waals surface area contributed by atoms with E-state index in [1.54, 1.807) is 7.11 Å². The average Bonchev–Trinajstić information content (AvgIpc) is 2.70. The number of methoxy groups -OCH3 is 1. The zero-order chi connectivity index (χ0) is 19.9. The molecule has 142 valence electrons. The summed E-state index contributed by atoms with van der Waals surface area (Å²) < 4.78 is 4.91. The van der Waals surface area contributed by atoms with Gasteiger partial charge in [0, 0.05) is 18.6 Å². The minimum Gasteiger partial charge on any atom is -0.394 e. The van der Waals surface area contributed by atoms with E-state index >= 15 is 0 Å². The Labute approximate surface area is 165 Å². The highest BCUT2D eigenvalue weighted by Gasteiger charge is 2.51. The lowest BCUT2D eigenvalue weighted by Gasteiger charge is -2.51. The first-order chi connectivity index (χ1) is 13.7. The molecule has 1 saturated heterocycles. The number of ether oxygens (including phenoxy) is 1. The van der Waals surface area contributed by atoms with Gasteiger partial charge in [0.15, 0.2) is 0 Å². The van der Waals surface area contributed by atoms with Crippen molar-refractivity contribution < 1.29 is 14.6 Å². The molecule has 1 N–H and O–H groups in total. The average molecular weight is 374 g/mol. The number of amides is 1. The number of carbonyl (C=O) groups excluding carboxylic acids is 1. The van der Waals surface area contributed by atoms with Crippen LogP contribution in [0.25, 0.3) is 0 Å². The summed E-state index contributed by atoms with van der Waals surface area (Å²) in [6.07, 6.45) is 0.219. The molecule has 3 atom stereocenters. The highest BCUT2D eigenvalue weighted by molar-refractivity contribution is 5.81. The van der Waals surface area contributed by atoms with Gasteiger partial charge >= 0.3 is 0 Å². The fraction of sp³-hybridized carbons (Fsp3) is 0.304. The number of benzene rings is 2. The Morgan fingerprint density at radius 2 is 1.89 bits per heavy atom. The lowest BCUT2D eigenvalue weighted by atomic mass is 9.75. The number of nitriles is 1. The summed E-state index contributed by atoms with van der Waals surface area (Å²) in [7, 11) is 1.59. The maximum Gasteiger partial charge on any atom is 0.228 e. The predicted molar refractivity (Wildman–Crippen MR) is 105 cm³/mol. The highest BCUT2D eigenvalue weighted by Crippen LogP contribution is 2.40. The summed E-state index contributed by atoms with van der Waals surface area (Å²) in [6.45, 7) is 0.185. The summed E-state index contributed by atoms with van der Waals surface area (Å²) in [6, 6.07) is 18.3. The van der Waals surface area contributed by atoms with E-state index in [9.17, 15) is 15.2 Å². The van der Waals surface area contributed by atoms with Crippen LogP contribution >= 0.6 is 0 Å². The Hall–Kier alpha value is -3.12. The van der Waals surface area contributed by atoms with Gasteiger partial charge in [-0.25, -0.2) is 0 Å². The predicted octanol–water partition coefficient (Wildman–Crippen LogP) is 2.11. The molecular weight excluding hydrogens is 352 g/mol. The van der Waals surface area contributed by atoms with Gasteiger partial charge in [0.1, 0.15) is 12.6 Å². The van der Waals surface area contributed by atoms with Crippen molar-refractivity contribution in [2.24, 2.45) is 0 Å². The number of likely N-dealkylation sites (tertiary alicyclic amines) is 1. The van der Waals surface area contributed by atoms with Crippen molar-refractivity contribution in [1.82, 2.24) is 4.90 Å². The topological polar surface area (TPSA) is 73.6 Å². The van der Waals surface area contributed by atoms with Gasteiger partial charge in [-0.15, -0.1) is 0 Å². The molecule has 1 heterocycles. The molecule has 5 heteroatoms. The Bertz CT molecular complexity index is 907. The molecule has 2 aromatic carbocycles. The molecule has 3 rings (SSSR count). The van der Waals surface area contributed by atoms with Crippen LogP contribution in [-0.2, 0) is 16.0 Å². The van der Waals surface area contributed by atoms with Gasteiger partial charge in [0.2, 0.25) is 5.91 Å². The van der Waals surface area contributed by atoms with E-state index in [0.717, 1.165) is 16.7 Å². The first-order valence-electron chi connectivity index (χ1n) is 9.13. The number of rotatable bonds is 5. The normalized spacial score (nSPS) is 20.5. The molecule has 0 bridgehead atoms. The fourth-order valence-corrected chi connectivity index (χ4v) is 3.61. The largest absolute Gasteiger partial charge is 0.394 e. The van der Waals surface area contributed by atoms with Gasteiger partial charge in [-0.3, -0.25) is 4.79 Å². The van der Waals surface area contributed by atoms with Crippen LogP contribution in [0.15, 0.2) is 54.6 Å². The second kappa shape index (κ2) is 9.19. The van der Waals surface area contributed by atoms with E-state index in [2.05, 4.69) is 17.9 Å². The van der Waals surface area contributed by atoms with Crippen molar-refractivity contribution in [3.8, 4) is 17.9 Å². The second-order valence-corrected chi connectivity index (χ2v) is 6.67. The minimum absolute atomic E-state index is 0.143. The zero-order valence-corrected chi connectivity index (χ0v) is 15.7. The summed E-state index contributed by atoms with van der Waals surface area (Å²) in [5.41, 5.74) is 2.67. The third-order valence-corrected chi connectivity index (χ3v) is 4.96. The number of carbonyl (C=O) groups is 1. The summed E-state index contributed by atoms with van der Waals surface area (Å²) in [5, 5.41) is 19.5. The van der Waals surface area contributed by atoms with Crippen molar-refractivity contribution >= 4 is 5.91 Å². The molecule has 2 aromatic rings. The molecule has 1 amide bonds. The third-order valence-electron chi connectivity index (χ3n) is 4.96. The summed E-state index contributed by atoms with van der Waals surface area (Å²) in [4.78, 5) is 14.3. The molecule has 0 radical (unpaired) electrons. The van der Waals surface area contributed by atoms with Crippen LogP contribution in [0.4, 0.5) is 0 Å². The third kappa shape index (κ3) is 4.07. The van der Waals surface area contributed by atoms with Crippen molar-refractivity contribution in [2.75, 3.05) is 20.3 Å². The molecule has 0 saturated carbocycles. The van der Waals surface area contributed by atoms with Gasteiger partial charge in [-0.2, -0.15) is 5.26 Å². The molecule has 0 spiro atoms. The lowest BCUT2D eigenvalue weighted by Crippen LogP contribution is -2.65. The Morgan fingerprint density at radius 3 is 2.50 bits per heavy atom.